The summed E-state index contributed by atoms with van der Waals surface area (Å²) in [7, 11) is 4.00. The molecular formula is C16H19N3O2S2. The van der Waals surface area contributed by atoms with E-state index in [9.17, 15) is 4.79 Å². The summed E-state index contributed by atoms with van der Waals surface area (Å²) in [5.74, 6) is -0.0430. The van der Waals surface area contributed by atoms with Crippen molar-refractivity contribution < 1.29 is 9.53 Å². The van der Waals surface area contributed by atoms with Crippen LogP contribution in [0.15, 0.2) is 29.2 Å². The quantitative estimate of drug-likeness (QED) is 0.615. The molecular weight excluding hydrogens is 330 g/mol. The number of hydrogen-bond donors (Lipinski definition) is 0. The van der Waals surface area contributed by atoms with Crippen LogP contribution in [-0.2, 0) is 9.53 Å². The summed E-state index contributed by atoms with van der Waals surface area (Å²) in [4.78, 5) is 15.4. The van der Waals surface area contributed by atoms with E-state index in [1.807, 2.05) is 54.3 Å². The number of anilines is 1. The molecule has 2 aliphatic heterocycles. The molecule has 0 atom stereocenters. The Morgan fingerprint density at radius 1 is 1.22 bits per heavy atom. The lowest BCUT2D eigenvalue weighted by molar-refractivity contribution is -0.138. The maximum atomic E-state index is 12.7. The molecule has 2 saturated heterocycles. The molecule has 0 aliphatic carbocycles. The van der Waals surface area contributed by atoms with Crippen LogP contribution in [0.25, 0.3) is 6.08 Å². The van der Waals surface area contributed by atoms with E-state index in [-0.39, 0.29) is 5.91 Å². The number of nitrogens with zero attached hydrogens (tertiary/aromatic N) is 3. The number of hydrazine groups is 1. The van der Waals surface area contributed by atoms with Crippen molar-refractivity contribution in [1.82, 2.24) is 10.0 Å². The van der Waals surface area contributed by atoms with Gasteiger partial charge in [-0.05, 0) is 23.8 Å². The Labute approximate surface area is 145 Å². The van der Waals surface area contributed by atoms with Crippen LogP contribution in [-0.4, -0.2) is 60.6 Å². The smallest absolute Gasteiger partial charge is 0.280 e. The molecule has 7 heteroatoms. The average molecular weight is 349 g/mol. The topological polar surface area (TPSA) is 36.0 Å². The summed E-state index contributed by atoms with van der Waals surface area (Å²) >= 11 is 6.74. The number of hydrogen-bond acceptors (Lipinski definition) is 6. The fraction of sp³-hybridized carbons (Fsp3) is 0.375. The van der Waals surface area contributed by atoms with Crippen LogP contribution in [0.3, 0.4) is 0 Å². The molecule has 5 nitrogen and oxygen atoms in total. The predicted molar refractivity (Wildman–Crippen MR) is 98.2 cm³/mol. The van der Waals surface area contributed by atoms with E-state index < -0.39 is 0 Å². The molecule has 122 valence electrons. The van der Waals surface area contributed by atoms with Crippen molar-refractivity contribution in [3.8, 4) is 0 Å². The zero-order chi connectivity index (χ0) is 16.4. The van der Waals surface area contributed by atoms with E-state index in [2.05, 4.69) is 0 Å². The lowest BCUT2D eigenvalue weighted by Gasteiger charge is -2.33. The van der Waals surface area contributed by atoms with Gasteiger partial charge in [0.1, 0.15) is 0 Å². The lowest BCUT2D eigenvalue weighted by atomic mass is 10.2. The molecule has 1 aromatic rings. The lowest BCUT2D eigenvalue weighted by Crippen LogP contribution is -2.50. The van der Waals surface area contributed by atoms with E-state index in [1.54, 1.807) is 5.01 Å². The number of carbonyl (C=O) groups excluding carboxylic acids is 1. The highest BCUT2D eigenvalue weighted by atomic mass is 32.2. The van der Waals surface area contributed by atoms with Gasteiger partial charge >= 0.3 is 0 Å². The summed E-state index contributed by atoms with van der Waals surface area (Å²) in [6, 6.07) is 8.09. The first-order valence-electron chi connectivity index (χ1n) is 7.44. The number of amides is 1. The molecule has 23 heavy (non-hydrogen) atoms. The second-order valence-electron chi connectivity index (χ2n) is 5.55. The second-order valence-corrected chi connectivity index (χ2v) is 7.22. The molecule has 0 unspecified atom stereocenters. The summed E-state index contributed by atoms with van der Waals surface area (Å²) in [6.45, 7) is 2.64. The molecule has 0 radical (unpaired) electrons. The molecule has 0 bridgehead atoms. The largest absolute Gasteiger partial charge is 0.379 e. The third-order valence-electron chi connectivity index (χ3n) is 3.75. The predicted octanol–water partition coefficient (Wildman–Crippen LogP) is 2.20. The number of thiocarbonyl (C=S) groups is 1. The normalized spacial score (nSPS) is 21.3. The Morgan fingerprint density at radius 2 is 1.87 bits per heavy atom. The van der Waals surface area contributed by atoms with Crippen molar-refractivity contribution in [2.75, 3.05) is 45.3 Å². The first kappa shape index (κ1) is 16.4. The van der Waals surface area contributed by atoms with Gasteiger partial charge < -0.3 is 9.64 Å². The van der Waals surface area contributed by atoms with E-state index in [0.29, 0.717) is 35.5 Å². The van der Waals surface area contributed by atoms with Gasteiger partial charge in [0.15, 0.2) is 4.32 Å². The number of ether oxygens (including phenoxy) is 1. The van der Waals surface area contributed by atoms with E-state index in [1.165, 1.54) is 11.8 Å². The van der Waals surface area contributed by atoms with E-state index in [4.69, 9.17) is 17.0 Å². The number of carbonyl (C=O) groups is 1. The molecule has 0 aromatic heterocycles. The highest BCUT2D eigenvalue weighted by Gasteiger charge is 2.36. The first-order valence-corrected chi connectivity index (χ1v) is 8.67. The van der Waals surface area contributed by atoms with Crippen LogP contribution in [0.4, 0.5) is 5.69 Å². The zero-order valence-corrected chi connectivity index (χ0v) is 14.8. The standard InChI is InChI=1S/C16H19N3O2S2/c1-17(2)13-5-3-12(4-6-13)11-14-15(20)19(16(22)23-14)18-7-9-21-10-8-18/h3-6,11H,7-10H2,1-2H3. The van der Waals surface area contributed by atoms with Crippen LogP contribution in [0, 0.1) is 0 Å². The molecule has 1 aromatic carbocycles. The molecule has 0 N–H and O–H groups in total. The summed E-state index contributed by atoms with van der Waals surface area (Å²) in [6.07, 6.45) is 1.90. The van der Waals surface area contributed by atoms with E-state index >= 15 is 0 Å². The summed E-state index contributed by atoms with van der Waals surface area (Å²) in [5.41, 5.74) is 2.13. The fourth-order valence-electron chi connectivity index (χ4n) is 2.48. The molecule has 0 spiro atoms. The van der Waals surface area contributed by atoms with Crippen molar-refractivity contribution in [3.63, 3.8) is 0 Å². The van der Waals surface area contributed by atoms with Gasteiger partial charge in [-0.15, -0.1) is 0 Å². The minimum absolute atomic E-state index is 0.0430. The minimum Gasteiger partial charge on any atom is -0.379 e. The van der Waals surface area contributed by atoms with Gasteiger partial charge in [0, 0.05) is 32.9 Å². The SMILES string of the molecule is CN(C)c1ccc(C=C2SC(=S)N(N3CCOCC3)C2=O)cc1. The van der Waals surface area contributed by atoms with Crippen LogP contribution < -0.4 is 4.90 Å². The average Bonchev–Trinajstić information content (AvgIpc) is 2.82. The van der Waals surface area contributed by atoms with Crippen molar-refractivity contribution in [1.29, 1.82) is 0 Å². The highest BCUT2D eigenvalue weighted by molar-refractivity contribution is 8.26. The molecule has 2 heterocycles. The molecule has 0 saturated carbocycles. The monoisotopic (exact) mass is 349 g/mol. The van der Waals surface area contributed by atoms with Crippen LogP contribution >= 0.6 is 24.0 Å². The number of morpholine rings is 1. The van der Waals surface area contributed by atoms with Crippen molar-refractivity contribution in [2.45, 2.75) is 0 Å². The minimum atomic E-state index is -0.0430. The van der Waals surface area contributed by atoms with Gasteiger partial charge in [-0.25, -0.2) is 10.0 Å². The molecule has 1 amide bonds. The zero-order valence-electron chi connectivity index (χ0n) is 13.2. The van der Waals surface area contributed by atoms with Gasteiger partial charge in [0.2, 0.25) is 0 Å². The number of rotatable bonds is 3. The first-order chi connectivity index (χ1) is 11.1. The van der Waals surface area contributed by atoms with Crippen LogP contribution in [0.2, 0.25) is 0 Å². The fourth-order valence-corrected chi connectivity index (χ4v) is 3.79. The second kappa shape index (κ2) is 7.00. The molecule has 2 aliphatic rings. The Kier molecular flexibility index (Phi) is 5.01. The molecule has 3 rings (SSSR count). The van der Waals surface area contributed by atoms with Crippen molar-refractivity contribution in [2.24, 2.45) is 0 Å². The Hall–Kier alpha value is -1.41. The third kappa shape index (κ3) is 3.58. The third-order valence-corrected chi connectivity index (χ3v) is 5.03. The van der Waals surface area contributed by atoms with Crippen molar-refractivity contribution >= 4 is 46.0 Å². The van der Waals surface area contributed by atoms with Crippen LogP contribution in [0.1, 0.15) is 5.56 Å². The Balaban J connectivity index is 1.78. The summed E-state index contributed by atoms with van der Waals surface area (Å²) < 4.78 is 5.93. The molecule has 2 fully saturated rings. The van der Waals surface area contributed by atoms with E-state index in [0.717, 1.165) is 11.3 Å². The maximum Gasteiger partial charge on any atom is 0.280 e. The Bertz CT molecular complexity index is 637. The van der Waals surface area contributed by atoms with Gasteiger partial charge in [-0.1, -0.05) is 36.1 Å². The van der Waals surface area contributed by atoms with Gasteiger partial charge in [0.05, 0.1) is 18.1 Å². The highest BCUT2D eigenvalue weighted by Crippen LogP contribution is 2.34. The Morgan fingerprint density at radius 3 is 2.48 bits per heavy atom. The van der Waals surface area contributed by atoms with Gasteiger partial charge in [-0.3, -0.25) is 4.79 Å². The summed E-state index contributed by atoms with van der Waals surface area (Å²) in [5, 5.41) is 3.58. The van der Waals surface area contributed by atoms with Crippen molar-refractivity contribution in [3.05, 3.63) is 34.7 Å². The van der Waals surface area contributed by atoms with Crippen LogP contribution in [0.5, 0.6) is 0 Å². The maximum absolute atomic E-state index is 12.7. The number of thioether (sulfide) groups is 1. The van der Waals surface area contributed by atoms with Gasteiger partial charge in [0.25, 0.3) is 5.91 Å². The number of benzene rings is 1. The van der Waals surface area contributed by atoms with Gasteiger partial charge in [-0.2, -0.15) is 0 Å².